The molecule has 0 saturated heterocycles. The van der Waals surface area contributed by atoms with Gasteiger partial charge in [-0.3, -0.25) is 10.2 Å². The number of amides is 1. The Morgan fingerprint density at radius 3 is 2.58 bits per heavy atom. The van der Waals surface area contributed by atoms with Crippen molar-refractivity contribution in [1.29, 1.82) is 5.41 Å². The summed E-state index contributed by atoms with van der Waals surface area (Å²) in [6.07, 6.45) is -1.17. The predicted molar refractivity (Wildman–Crippen MR) is 124 cm³/mol. The van der Waals surface area contributed by atoms with Crippen LogP contribution in [0.3, 0.4) is 0 Å². The van der Waals surface area contributed by atoms with Crippen LogP contribution < -0.4 is 11.1 Å². The molecule has 0 radical (unpaired) electrons. The summed E-state index contributed by atoms with van der Waals surface area (Å²) in [7, 11) is 0. The van der Waals surface area contributed by atoms with E-state index in [1.807, 2.05) is 62.4 Å². The number of aromatic nitrogens is 1. The number of rotatable bonds is 3. The van der Waals surface area contributed by atoms with Gasteiger partial charge in [-0.1, -0.05) is 62.4 Å². The quantitative estimate of drug-likeness (QED) is 0.430. The molecule has 8 nitrogen and oxygen atoms in total. The smallest absolute Gasteiger partial charge is 0.291 e. The zero-order valence-electron chi connectivity index (χ0n) is 17.1. The van der Waals surface area contributed by atoms with Gasteiger partial charge in [-0.2, -0.15) is 4.99 Å². The van der Waals surface area contributed by atoms with Crippen molar-refractivity contribution in [1.82, 2.24) is 4.98 Å². The van der Waals surface area contributed by atoms with Gasteiger partial charge in [0, 0.05) is 16.5 Å². The maximum Gasteiger partial charge on any atom is 0.291 e. The summed E-state index contributed by atoms with van der Waals surface area (Å²) in [5, 5.41) is 12.4. The Balaban J connectivity index is 0.00000132. The van der Waals surface area contributed by atoms with Crippen molar-refractivity contribution in [2.45, 2.75) is 20.0 Å². The first-order chi connectivity index (χ1) is 15.1. The molecule has 158 valence electrons. The minimum absolute atomic E-state index is 0.253. The standard InChI is InChI=1S/C20H16N6O2S.C2H6/c21-17(15-10-29-11-23-15)28-20(22)26-18-19(27)24-14-9-5-4-8-13(14)16(25-18)12-6-2-1-3-7-12;1-2/h1-11,18,21H,(H2,22,26)(H,24,27);1-2H3. The average molecular weight is 435 g/mol. The first-order valence-corrected chi connectivity index (χ1v) is 10.6. The lowest BCUT2D eigenvalue weighted by Crippen LogP contribution is -2.29. The summed E-state index contributed by atoms with van der Waals surface area (Å²) in [4.78, 5) is 25.3. The van der Waals surface area contributed by atoms with Crippen LogP contribution in [0.1, 0.15) is 30.7 Å². The Labute approximate surface area is 184 Å². The van der Waals surface area contributed by atoms with Gasteiger partial charge >= 0.3 is 0 Å². The van der Waals surface area contributed by atoms with Crippen LogP contribution in [-0.2, 0) is 9.53 Å². The lowest BCUT2D eigenvalue weighted by Gasteiger charge is -2.09. The number of anilines is 1. The third-order valence-corrected chi connectivity index (χ3v) is 4.68. The lowest BCUT2D eigenvalue weighted by molar-refractivity contribution is -0.117. The number of thiazole rings is 1. The zero-order chi connectivity index (χ0) is 22.2. The second kappa shape index (κ2) is 10.3. The molecule has 0 bridgehead atoms. The minimum Gasteiger partial charge on any atom is -0.405 e. The molecule has 1 atom stereocenters. The van der Waals surface area contributed by atoms with E-state index < -0.39 is 12.1 Å². The van der Waals surface area contributed by atoms with E-state index in [1.54, 1.807) is 17.0 Å². The number of nitrogens with two attached hydrogens (primary N) is 1. The number of carbonyl (C=O) groups is 1. The fourth-order valence-corrected chi connectivity index (χ4v) is 3.32. The number of aliphatic imine (C=N–C) groups is 2. The van der Waals surface area contributed by atoms with Gasteiger partial charge in [0.2, 0.25) is 12.1 Å². The Morgan fingerprint density at radius 2 is 1.87 bits per heavy atom. The van der Waals surface area contributed by atoms with Crippen LogP contribution in [0, 0.1) is 5.41 Å². The number of amidine groups is 1. The first-order valence-electron chi connectivity index (χ1n) is 9.63. The van der Waals surface area contributed by atoms with Crippen LogP contribution in [0.5, 0.6) is 0 Å². The highest BCUT2D eigenvalue weighted by atomic mass is 32.1. The molecular formula is C22H22N6O2S. The molecule has 1 unspecified atom stereocenters. The Bertz CT molecular complexity index is 1110. The second-order valence-corrected chi connectivity index (χ2v) is 6.74. The number of para-hydroxylation sites is 1. The monoisotopic (exact) mass is 434 g/mol. The number of fused-ring (bicyclic) bond motifs is 1. The third kappa shape index (κ3) is 5.20. The van der Waals surface area contributed by atoms with E-state index in [0.717, 1.165) is 11.1 Å². The average Bonchev–Trinajstić information content (AvgIpc) is 3.30. The number of ether oxygens (including phenoxy) is 1. The van der Waals surface area contributed by atoms with Gasteiger partial charge in [-0.25, -0.2) is 9.98 Å². The summed E-state index contributed by atoms with van der Waals surface area (Å²) in [6, 6.07) is 16.6. The molecule has 4 N–H and O–H groups in total. The molecule has 1 aliphatic rings. The molecule has 0 saturated carbocycles. The van der Waals surface area contributed by atoms with Crippen molar-refractivity contribution in [2.24, 2.45) is 15.7 Å². The third-order valence-electron chi connectivity index (χ3n) is 4.09. The predicted octanol–water partition coefficient (Wildman–Crippen LogP) is 3.64. The van der Waals surface area contributed by atoms with Crippen LogP contribution in [0.4, 0.5) is 5.69 Å². The Hall–Kier alpha value is -3.85. The van der Waals surface area contributed by atoms with Crippen LogP contribution in [0.15, 0.2) is 75.5 Å². The summed E-state index contributed by atoms with van der Waals surface area (Å²) >= 11 is 1.33. The highest BCUT2D eigenvalue weighted by Crippen LogP contribution is 2.24. The molecule has 0 aliphatic carbocycles. The molecule has 2 aromatic carbocycles. The van der Waals surface area contributed by atoms with Gasteiger partial charge in [0.05, 0.1) is 16.9 Å². The van der Waals surface area contributed by atoms with Crippen LogP contribution >= 0.6 is 11.3 Å². The highest BCUT2D eigenvalue weighted by Gasteiger charge is 2.26. The number of nitrogens with zero attached hydrogens (tertiary/aromatic N) is 3. The van der Waals surface area contributed by atoms with E-state index in [2.05, 4.69) is 20.3 Å². The van der Waals surface area contributed by atoms with Crippen molar-refractivity contribution in [3.05, 3.63) is 82.3 Å². The van der Waals surface area contributed by atoms with Crippen molar-refractivity contribution in [2.75, 3.05) is 5.32 Å². The summed E-state index contributed by atoms with van der Waals surface area (Å²) in [5.41, 5.74) is 10.6. The van der Waals surface area contributed by atoms with Crippen molar-refractivity contribution in [3.63, 3.8) is 0 Å². The number of benzodiazepines with no additional fused rings is 1. The van der Waals surface area contributed by atoms with E-state index in [9.17, 15) is 4.79 Å². The molecule has 0 fully saturated rings. The van der Waals surface area contributed by atoms with Gasteiger partial charge in [0.1, 0.15) is 5.69 Å². The maximum absolute atomic E-state index is 12.7. The van der Waals surface area contributed by atoms with Gasteiger partial charge < -0.3 is 15.8 Å². The molecule has 1 amide bonds. The normalized spacial score (nSPS) is 15.4. The van der Waals surface area contributed by atoms with Gasteiger partial charge in [-0.15, -0.1) is 11.3 Å². The molecule has 1 aliphatic heterocycles. The van der Waals surface area contributed by atoms with Crippen molar-refractivity contribution >= 4 is 40.6 Å². The molecule has 4 rings (SSSR count). The fourth-order valence-electron chi connectivity index (χ4n) is 2.79. The maximum atomic E-state index is 12.7. The van der Waals surface area contributed by atoms with E-state index in [0.29, 0.717) is 17.1 Å². The molecular weight excluding hydrogens is 412 g/mol. The van der Waals surface area contributed by atoms with Gasteiger partial charge in [-0.05, 0) is 6.07 Å². The number of carbonyl (C=O) groups excluding carboxylic acids is 1. The molecule has 3 aromatic rings. The topological polar surface area (TPSA) is 126 Å². The summed E-state index contributed by atoms with van der Waals surface area (Å²) < 4.78 is 5.21. The first kappa shape index (κ1) is 21.8. The van der Waals surface area contributed by atoms with Crippen LogP contribution in [-0.4, -0.2) is 34.7 Å². The van der Waals surface area contributed by atoms with Gasteiger partial charge in [0.15, 0.2) is 0 Å². The summed E-state index contributed by atoms with van der Waals surface area (Å²) in [6.45, 7) is 4.00. The number of hydrogen-bond acceptors (Lipinski definition) is 7. The Kier molecular flexibility index (Phi) is 7.23. The van der Waals surface area contributed by atoms with E-state index in [1.165, 1.54) is 11.3 Å². The minimum atomic E-state index is -1.17. The Morgan fingerprint density at radius 1 is 1.16 bits per heavy atom. The van der Waals surface area contributed by atoms with E-state index in [-0.39, 0.29) is 11.9 Å². The molecule has 0 spiro atoms. The van der Waals surface area contributed by atoms with Gasteiger partial charge in [0.25, 0.3) is 11.9 Å². The summed E-state index contributed by atoms with van der Waals surface area (Å²) in [5.74, 6) is -0.702. The molecule has 31 heavy (non-hydrogen) atoms. The number of hydrogen-bond donors (Lipinski definition) is 3. The van der Waals surface area contributed by atoms with E-state index in [4.69, 9.17) is 15.9 Å². The number of nitrogens with one attached hydrogen (secondary N) is 2. The number of benzene rings is 2. The zero-order valence-corrected chi connectivity index (χ0v) is 17.9. The second-order valence-electron chi connectivity index (χ2n) is 6.02. The van der Waals surface area contributed by atoms with Crippen LogP contribution in [0.2, 0.25) is 0 Å². The molecule has 2 heterocycles. The van der Waals surface area contributed by atoms with Crippen molar-refractivity contribution < 1.29 is 9.53 Å². The van der Waals surface area contributed by atoms with Crippen LogP contribution in [0.25, 0.3) is 0 Å². The molecule has 9 heteroatoms. The van der Waals surface area contributed by atoms with E-state index >= 15 is 0 Å². The molecule has 1 aromatic heterocycles. The highest BCUT2D eigenvalue weighted by molar-refractivity contribution is 7.07. The van der Waals surface area contributed by atoms with Crippen molar-refractivity contribution in [3.8, 4) is 0 Å². The SMILES string of the molecule is CC.N=C(O/C(N)=N/C1N=C(c2ccccc2)c2ccccc2NC1=O)c1cscn1. The largest absolute Gasteiger partial charge is 0.405 e. The lowest BCUT2D eigenvalue weighted by atomic mass is 10.0. The fraction of sp³-hybridized carbons (Fsp3) is 0.136.